The number of aliphatic hydroxyl groups is 1. The number of sulfonamides is 1. The molecule has 8 nitrogen and oxygen atoms in total. The Hall–Kier alpha value is -2.75. The van der Waals surface area contributed by atoms with Gasteiger partial charge in [0.15, 0.2) is 0 Å². The number of nitrogens with zero attached hydrogens (tertiary/aromatic N) is 2. The third-order valence-electron chi connectivity index (χ3n) is 6.17. The zero-order chi connectivity index (χ0) is 22.8. The highest BCUT2D eigenvalue weighted by molar-refractivity contribution is 7.89. The second kappa shape index (κ2) is 9.01. The summed E-state index contributed by atoms with van der Waals surface area (Å²) in [4.78, 5) is 24.3. The Bertz CT molecular complexity index is 1040. The number of hydrogen-bond acceptors (Lipinski definition) is 5. The van der Waals surface area contributed by atoms with E-state index in [0.29, 0.717) is 30.5 Å². The molecule has 2 aliphatic rings. The number of rotatable bonds is 8. The van der Waals surface area contributed by atoms with E-state index in [2.05, 4.69) is 5.32 Å². The number of imide groups is 1. The fourth-order valence-corrected chi connectivity index (χ4v) is 6.43. The average molecular weight is 458 g/mol. The van der Waals surface area contributed by atoms with Crippen molar-refractivity contribution in [1.29, 1.82) is 0 Å². The van der Waals surface area contributed by atoms with Gasteiger partial charge in [-0.05, 0) is 30.4 Å². The zero-order valence-corrected chi connectivity index (χ0v) is 18.5. The summed E-state index contributed by atoms with van der Waals surface area (Å²) in [6.07, 6.45) is 1.39. The van der Waals surface area contributed by atoms with Gasteiger partial charge in [-0.3, -0.25) is 10.1 Å². The second-order valence-electron chi connectivity index (χ2n) is 8.21. The van der Waals surface area contributed by atoms with Crippen LogP contribution in [0.2, 0.25) is 0 Å². The van der Waals surface area contributed by atoms with Crippen LogP contribution in [0.1, 0.15) is 30.4 Å². The first-order valence-electron chi connectivity index (χ1n) is 10.7. The van der Waals surface area contributed by atoms with Crippen molar-refractivity contribution in [3.63, 3.8) is 0 Å². The largest absolute Gasteiger partial charge is 0.379 e. The second-order valence-corrected chi connectivity index (χ2v) is 10.3. The van der Waals surface area contributed by atoms with E-state index in [0.717, 1.165) is 0 Å². The van der Waals surface area contributed by atoms with Gasteiger partial charge < -0.3 is 10.0 Å². The Kier molecular flexibility index (Phi) is 6.32. The zero-order valence-electron chi connectivity index (χ0n) is 17.7. The van der Waals surface area contributed by atoms with Crippen LogP contribution < -0.4 is 5.32 Å². The van der Waals surface area contributed by atoms with Crippen LogP contribution in [0.25, 0.3) is 0 Å². The van der Waals surface area contributed by atoms with E-state index in [1.165, 1.54) is 9.21 Å². The predicted molar refractivity (Wildman–Crippen MR) is 119 cm³/mol. The molecule has 2 aromatic carbocycles. The van der Waals surface area contributed by atoms with Gasteiger partial charge in [-0.25, -0.2) is 13.2 Å². The van der Waals surface area contributed by atoms with E-state index in [1.54, 1.807) is 0 Å². The van der Waals surface area contributed by atoms with Gasteiger partial charge in [0.1, 0.15) is 12.1 Å². The van der Waals surface area contributed by atoms with Crippen LogP contribution in [0, 0.1) is 0 Å². The first-order valence-corrected chi connectivity index (χ1v) is 12.3. The highest BCUT2D eigenvalue weighted by Gasteiger charge is 2.49. The molecule has 0 aromatic heterocycles. The Morgan fingerprint density at radius 3 is 2.12 bits per heavy atom. The minimum atomic E-state index is -3.70. The molecule has 0 spiro atoms. The number of nitrogens with one attached hydrogen (secondary N) is 1. The maximum atomic E-state index is 13.3. The standard InChI is InChI=1S/C23H27N3O5S/c27-21-17-25(22(28)24-21)14-8-16-32(30,31)26-15-7-13-20(26)23(29,18-9-3-1-4-10-18)19-11-5-2-6-12-19/h1-6,9-12,20,29H,7-8,13-17H2,(H,24,27,28). The molecule has 0 aliphatic carbocycles. The summed E-state index contributed by atoms with van der Waals surface area (Å²) in [6.45, 7) is 0.460. The van der Waals surface area contributed by atoms with Crippen molar-refractivity contribution >= 4 is 22.0 Å². The SMILES string of the molecule is O=C1CN(CCCS(=O)(=O)N2CCCC2C(O)(c2ccccc2)c2ccccc2)C(=O)N1. The van der Waals surface area contributed by atoms with Crippen molar-refractivity contribution in [2.75, 3.05) is 25.4 Å². The van der Waals surface area contributed by atoms with Gasteiger partial charge in [-0.2, -0.15) is 4.31 Å². The van der Waals surface area contributed by atoms with Crippen LogP contribution in [0.4, 0.5) is 4.79 Å². The first-order chi connectivity index (χ1) is 15.3. The van der Waals surface area contributed by atoms with Crippen molar-refractivity contribution in [3.8, 4) is 0 Å². The summed E-state index contributed by atoms with van der Waals surface area (Å²) in [5.74, 6) is -0.547. The topological polar surface area (TPSA) is 107 Å². The minimum absolute atomic E-state index is 0.0486. The average Bonchev–Trinajstić information content (AvgIpc) is 3.42. The molecule has 2 fully saturated rings. The molecule has 2 saturated heterocycles. The molecule has 9 heteroatoms. The Morgan fingerprint density at radius 1 is 1.00 bits per heavy atom. The maximum Gasteiger partial charge on any atom is 0.324 e. The minimum Gasteiger partial charge on any atom is -0.379 e. The Balaban J connectivity index is 1.57. The normalized spacial score (nSPS) is 20.0. The number of urea groups is 1. The van der Waals surface area contributed by atoms with Crippen LogP contribution >= 0.6 is 0 Å². The Morgan fingerprint density at radius 2 is 1.59 bits per heavy atom. The molecular formula is C23H27N3O5S. The number of benzene rings is 2. The predicted octanol–water partition coefficient (Wildman–Crippen LogP) is 1.66. The molecular weight excluding hydrogens is 430 g/mol. The molecule has 0 bridgehead atoms. The van der Waals surface area contributed by atoms with E-state index in [-0.39, 0.29) is 31.2 Å². The van der Waals surface area contributed by atoms with E-state index in [4.69, 9.17) is 0 Å². The molecule has 2 aliphatic heterocycles. The van der Waals surface area contributed by atoms with Crippen molar-refractivity contribution < 1.29 is 23.1 Å². The molecule has 1 atom stereocenters. The highest BCUT2D eigenvalue weighted by atomic mass is 32.2. The van der Waals surface area contributed by atoms with Crippen LogP contribution in [0.5, 0.6) is 0 Å². The summed E-state index contributed by atoms with van der Waals surface area (Å²) in [6, 6.07) is 17.2. The number of amides is 3. The smallest absolute Gasteiger partial charge is 0.324 e. The van der Waals surface area contributed by atoms with Crippen LogP contribution in [-0.4, -0.2) is 66.1 Å². The fourth-order valence-electron chi connectivity index (χ4n) is 4.65. The third kappa shape index (κ3) is 4.28. The van der Waals surface area contributed by atoms with Gasteiger partial charge in [0.05, 0.1) is 11.8 Å². The van der Waals surface area contributed by atoms with E-state index in [1.807, 2.05) is 60.7 Å². The summed E-state index contributed by atoms with van der Waals surface area (Å²) < 4.78 is 28.0. The van der Waals surface area contributed by atoms with Crippen molar-refractivity contribution in [2.24, 2.45) is 0 Å². The molecule has 170 valence electrons. The van der Waals surface area contributed by atoms with Crippen molar-refractivity contribution in [1.82, 2.24) is 14.5 Å². The molecule has 0 radical (unpaired) electrons. The lowest BCUT2D eigenvalue weighted by molar-refractivity contribution is -0.118. The number of carbonyl (C=O) groups is 2. The van der Waals surface area contributed by atoms with Crippen molar-refractivity contribution in [2.45, 2.75) is 30.9 Å². The Labute approximate surface area is 187 Å². The number of carbonyl (C=O) groups excluding carboxylic acids is 2. The van der Waals surface area contributed by atoms with Gasteiger partial charge in [0.2, 0.25) is 15.9 Å². The molecule has 4 rings (SSSR count). The fraction of sp³-hybridized carbons (Fsp3) is 0.391. The molecule has 2 N–H and O–H groups in total. The third-order valence-corrected chi connectivity index (χ3v) is 8.13. The lowest BCUT2D eigenvalue weighted by Gasteiger charge is -2.39. The molecule has 1 unspecified atom stereocenters. The molecule has 3 amide bonds. The van der Waals surface area contributed by atoms with Crippen LogP contribution in [0.3, 0.4) is 0 Å². The maximum absolute atomic E-state index is 13.3. The molecule has 0 saturated carbocycles. The van der Waals surface area contributed by atoms with Crippen molar-refractivity contribution in [3.05, 3.63) is 71.8 Å². The van der Waals surface area contributed by atoms with E-state index >= 15 is 0 Å². The number of hydrogen-bond donors (Lipinski definition) is 2. The van der Waals surface area contributed by atoms with Gasteiger partial charge in [-0.15, -0.1) is 0 Å². The van der Waals surface area contributed by atoms with E-state index < -0.39 is 27.7 Å². The summed E-state index contributed by atoms with van der Waals surface area (Å²) in [5.41, 5.74) is -0.205. The van der Waals surface area contributed by atoms with Crippen LogP contribution in [-0.2, 0) is 20.4 Å². The van der Waals surface area contributed by atoms with Gasteiger partial charge in [-0.1, -0.05) is 60.7 Å². The molecule has 32 heavy (non-hydrogen) atoms. The highest BCUT2D eigenvalue weighted by Crippen LogP contribution is 2.41. The van der Waals surface area contributed by atoms with Gasteiger partial charge >= 0.3 is 6.03 Å². The quantitative estimate of drug-likeness (QED) is 0.587. The molecule has 2 heterocycles. The summed E-state index contributed by atoms with van der Waals surface area (Å²) >= 11 is 0. The monoisotopic (exact) mass is 457 g/mol. The lowest BCUT2D eigenvalue weighted by Crippen LogP contribution is -2.51. The first kappa shape index (κ1) is 22.4. The van der Waals surface area contributed by atoms with Gasteiger partial charge in [0, 0.05) is 13.1 Å². The summed E-state index contributed by atoms with van der Waals surface area (Å²) in [7, 11) is -3.70. The summed E-state index contributed by atoms with van der Waals surface area (Å²) in [5, 5.41) is 14.2. The lowest BCUT2D eigenvalue weighted by atomic mass is 9.79. The van der Waals surface area contributed by atoms with Gasteiger partial charge in [0.25, 0.3) is 0 Å². The van der Waals surface area contributed by atoms with E-state index in [9.17, 15) is 23.1 Å². The molecule has 2 aromatic rings. The van der Waals surface area contributed by atoms with Crippen LogP contribution in [0.15, 0.2) is 60.7 Å².